The van der Waals surface area contributed by atoms with Gasteiger partial charge < -0.3 is 61.7 Å². The molecule has 11 aromatic heterocycles. The fourth-order valence-electron chi connectivity index (χ4n) is 12.4. The number of nitrogen functional groups attached to an aromatic ring is 1. The number of aryl methyl sites for hydroxylation is 3. The van der Waals surface area contributed by atoms with E-state index in [9.17, 15) is 47.9 Å². The van der Waals surface area contributed by atoms with Crippen LogP contribution in [0.25, 0.3) is 100 Å². The molecule has 1 amide bonds. The smallest absolute Gasteiger partial charge is 0.371 e. The highest BCUT2D eigenvalue weighted by atomic mass is 79.9. The minimum absolute atomic E-state index is 0.0563. The number of amides is 1. The van der Waals surface area contributed by atoms with Crippen molar-refractivity contribution in [3.8, 4) is 22.9 Å². The third-order valence-corrected chi connectivity index (χ3v) is 21.8. The van der Waals surface area contributed by atoms with Gasteiger partial charge in [-0.2, -0.15) is 0 Å². The molecule has 6 aromatic carbocycles. The van der Waals surface area contributed by atoms with E-state index in [4.69, 9.17) is 42.2 Å². The summed E-state index contributed by atoms with van der Waals surface area (Å²) in [5, 5.41) is 19.3. The van der Waals surface area contributed by atoms with Gasteiger partial charge in [0.1, 0.15) is 50.7 Å². The van der Waals surface area contributed by atoms with E-state index < -0.39 is 11.9 Å². The molecule has 5 N–H and O–H groups in total. The van der Waals surface area contributed by atoms with Gasteiger partial charge in [-0.3, -0.25) is 62.9 Å². The number of halogens is 6. The fraction of sp³-hybridized carbons (Fsp3) is 0.178. The van der Waals surface area contributed by atoms with Crippen LogP contribution in [0, 0.1) is 20.8 Å². The van der Waals surface area contributed by atoms with Gasteiger partial charge in [0.05, 0.1) is 86.6 Å². The first kappa shape index (κ1) is 93.7. The molecule has 17 aromatic rings. The highest BCUT2D eigenvalue weighted by Gasteiger charge is 2.21. The number of carbonyl (C=O) groups is 4. The molecule has 37 heteroatoms. The molecule has 31 nitrogen and oxygen atoms in total. The topological polar surface area (TPSA) is 422 Å². The van der Waals surface area contributed by atoms with Crippen molar-refractivity contribution in [3.63, 3.8) is 0 Å². The maximum absolute atomic E-state index is 12.7. The Hall–Kier alpha value is -12.5. The number of piperazine rings is 1. The van der Waals surface area contributed by atoms with Gasteiger partial charge in [0.25, 0.3) is 0 Å². The summed E-state index contributed by atoms with van der Waals surface area (Å²) in [6.45, 7) is 13.3. The second kappa shape index (κ2) is 43.2. The number of ketones is 2. The third kappa shape index (κ3) is 24.6. The first-order valence-electron chi connectivity index (χ1n) is 38.6. The van der Waals surface area contributed by atoms with E-state index in [0.717, 1.165) is 88.5 Å². The van der Waals surface area contributed by atoms with Crippen molar-refractivity contribution in [1.82, 2.24) is 54.4 Å². The predicted octanol–water partition coefficient (Wildman–Crippen LogP) is 17.3. The molecule has 650 valence electrons. The number of piperidine rings is 1. The molecule has 2 aliphatic heterocycles. The number of carbonyl (C=O) groups excluding carboxylic acids is 3. The van der Waals surface area contributed by atoms with E-state index in [-0.39, 0.29) is 78.1 Å². The summed E-state index contributed by atoms with van der Waals surface area (Å²) in [6.07, 6.45) is 18.2. The number of anilines is 2. The fourth-order valence-corrected chi connectivity index (χ4v) is 14.5. The molecule has 0 unspecified atom stereocenters. The number of benzene rings is 6. The Morgan fingerprint density at radius 3 is 1.20 bits per heavy atom. The molecule has 0 saturated carbocycles. The number of hydroxylamine groups is 2. The van der Waals surface area contributed by atoms with Gasteiger partial charge in [-0.05, 0) is 156 Å². The molecule has 0 atom stereocenters. The predicted molar refractivity (Wildman–Crippen MR) is 504 cm³/mol. The molecule has 2 fully saturated rings. The minimum atomic E-state index is -1.25. The lowest BCUT2D eigenvalue weighted by molar-refractivity contribution is -0.0773. The Morgan fingerprint density at radius 2 is 0.819 bits per heavy atom. The second-order valence-electron chi connectivity index (χ2n) is 28.1. The lowest BCUT2D eigenvalue weighted by Gasteiger charge is -2.29. The molecular weight excluding hydrogens is 2030 g/mol. The molecule has 2 saturated heterocycles. The Kier molecular flexibility index (Phi) is 31.8. The van der Waals surface area contributed by atoms with E-state index in [1.165, 1.54) is 83.9 Å². The van der Waals surface area contributed by atoms with Crippen molar-refractivity contribution in [2.75, 3.05) is 69.4 Å². The monoisotopic (exact) mass is 2100 g/mol. The number of carboxylic acids is 1. The van der Waals surface area contributed by atoms with E-state index in [0.29, 0.717) is 100 Å². The van der Waals surface area contributed by atoms with E-state index in [2.05, 4.69) is 141 Å². The van der Waals surface area contributed by atoms with Crippen molar-refractivity contribution < 1.29 is 55.6 Å². The third-order valence-electron chi connectivity index (χ3n) is 18.8. The number of imidazole rings is 2. The van der Waals surface area contributed by atoms with Gasteiger partial charge in [-0.15, -0.1) is 0 Å². The number of nitrogens with two attached hydrogens (primary N) is 1. The van der Waals surface area contributed by atoms with Gasteiger partial charge in [0.15, 0.2) is 78.5 Å². The number of Topliss-reactive ketones (excluding diaryl/α,β-unsaturated/α-hetero) is 2. The SMILES string of the molecule is C1CCNCC1.CC(=O)c1cc(=O)c2cc(Br)ccc2o1.CON(C)C(=O)c1cc(=O)c2cc(Br)ccc2o1.Cc1cn2cc(-c3cc(=O)c4cc(Br)ccc4o3)nc2cn1.Cc1cn2cc(-c3cc(=O)c4cc(N5CCNCC5)ccc4o3)nc2cn1.Cc1cnc(N)cn1.O=C(CBr)c1cc(=O)c2cc(Br)ccc2o1.O=C(O)c1cc(=O)c2cc(Br)ccc2o1. The van der Waals surface area contributed by atoms with E-state index in [1.54, 1.807) is 104 Å². The van der Waals surface area contributed by atoms with Crippen molar-refractivity contribution in [2.45, 2.75) is 47.0 Å². The Labute approximate surface area is 769 Å². The Morgan fingerprint density at radius 1 is 0.449 bits per heavy atom. The normalized spacial score (nSPS) is 12.2. The summed E-state index contributed by atoms with van der Waals surface area (Å²) < 4.78 is 40.6. The average molecular weight is 2110 g/mol. The highest BCUT2D eigenvalue weighted by Crippen LogP contribution is 2.29. The molecule has 0 radical (unpaired) electrons. The van der Waals surface area contributed by atoms with Gasteiger partial charge in [-0.1, -0.05) is 102 Å². The van der Waals surface area contributed by atoms with Crippen LogP contribution in [0.15, 0.2) is 273 Å². The van der Waals surface area contributed by atoms with Gasteiger partial charge in [-0.25, -0.2) is 24.8 Å². The zero-order valence-corrected chi connectivity index (χ0v) is 77.8. The number of fused-ring (bicyclic) bond motifs is 8. The van der Waals surface area contributed by atoms with Crippen LogP contribution in [0.5, 0.6) is 0 Å². The lowest BCUT2D eigenvalue weighted by Crippen LogP contribution is -2.43. The maximum Gasteiger partial charge on any atom is 0.371 e. The van der Waals surface area contributed by atoms with Crippen molar-refractivity contribution in [1.29, 1.82) is 0 Å². The molecule has 19 rings (SSSR count). The second-order valence-corrected chi connectivity index (χ2v) is 33.2. The van der Waals surface area contributed by atoms with Crippen LogP contribution in [0.1, 0.15) is 85.5 Å². The van der Waals surface area contributed by atoms with Crippen LogP contribution in [0.4, 0.5) is 11.5 Å². The number of nitrogens with one attached hydrogen (secondary N) is 2. The zero-order chi connectivity index (χ0) is 90.9. The van der Waals surface area contributed by atoms with Gasteiger partial charge >= 0.3 is 11.9 Å². The Balaban J connectivity index is 0.000000136. The van der Waals surface area contributed by atoms with Crippen molar-refractivity contribution in [3.05, 3.63) is 319 Å². The van der Waals surface area contributed by atoms with E-state index >= 15 is 0 Å². The number of hydrogen-bond acceptors (Lipinski definition) is 27. The molecule has 127 heavy (non-hydrogen) atoms. The summed E-state index contributed by atoms with van der Waals surface area (Å²) in [5.41, 5.74) is 13.0. The zero-order valence-electron chi connectivity index (χ0n) is 68.3. The highest BCUT2D eigenvalue weighted by molar-refractivity contribution is 9.11. The molecule has 13 heterocycles. The number of aromatic nitrogens is 8. The van der Waals surface area contributed by atoms with Crippen LogP contribution >= 0.6 is 95.6 Å². The van der Waals surface area contributed by atoms with Crippen LogP contribution in [-0.2, 0) is 4.84 Å². The number of aromatic carboxylic acids is 1. The molecule has 0 bridgehead atoms. The van der Waals surface area contributed by atoms with E-state index in [1.807, 2.05) is 78.6 Å². The number of alkyl halides is 1. The van der Waals surface area contributed by atoms with Crippen LogP contribution in [0.3, 0.4) is 0 Å². The van der Waals surface area contributed by atoms with Crippen molar-refractivity contribution >= 4 is 208 Å². The summed E-state index contributed by atoms with van der Waals surface area (Å²) >= 11 is 19.4. The molecular formula is C90H75Br6N13O18. The lowest BCUT2D eigenvalue weighted by atomic mass is 10.1. The first-order chi connectivity index (χ1) is 60.8. The van der Waals surface area contributed by atoms with Crippen LogP contribution < -0.4 is 53.8 Å². The Bertz CT molecular complexity index is 7250. The summed E-state index contributed by atoms with van der Waals surface area (Å²) in [7, 11) is 2.79. The number of nitrogens with zero attached hydrogens (tertiary/aromatic N) is 10. The molecule has 0 spiro atoms. The number of carboxylic acid groups (broad SMARTS) is 1. The summed E-state index contributed by atoms with van der Waals surface area (Å²) in [6, 6.07) is 38.7. The largest absolute Gasteiger partial charge is 0.475 e. The minimum Gasteiger partial charge on any atom is -0.475 e. The van der Waals surface area contributed by atoms with Crippen LogP contribution in [0.2, 0.25) is 0 Å². The molecule has 0 aliphatic carbocycles. The number of hydrogen-bond donors (Lipinski definition) is 4. The molecule has 2 aliphatic rings. The summed E-state index contributed by atoms with van der Waals surface area (Å²) in [4.78, 5) is 149. The maximum atomic E-state index is 12.7. The quantitative estimate of drug-likeness (QED) is 0.0592. The van der Waals surface area contributed by atoms with Gasteiger partial charge in [0.2, 0.25) is 11.5 Å². The summed E-state index contributed by atoms with van der Waals surface area (Å²) in [5.74, 6) is -1.13. The van der Waals surface area contributed by atoms with Crippen molar-refractivity contribution in [2.24, 2.45) is 0 Å². The van der Waals surface area contributed by atoms with Gasteiger partial charge in [0, 0.05) is 129 Å². The average Bonchev–Trinajstić information content (AvgIpc) is 1.77. The number of rotatable bonds is 9. The first-order valence-corrected chi connectivity index (χ1v) is 43.7. The standard InChI is InChI=1S/C20H19N5O2.C16H10BrN3O2.C12H10BrNO4.C11H6Br2O3.C11H7BrO3.C10H5BrO4.C5H7N3.C5H11N/c1-13-11-25-12-16(23-20(25)10-22-13)19-9-17(26)15-8-14(2-3-18(15)27-19)24-6-4-21-5-7-24;1-9-7-20-8-12(19-16(20)6-18-9)15-5-13(21)11-4-10(17)2-3-14(11)22-15;1-14(17-2)12(16)11-6-9(15)8-5-7(13)3-4-10(8)18-11;12-5-9(15)11-4-8(14)7-3-6(13)1-2-10(7)16-11;1-6(13)11-5-9(14)8-4-7(12)2-3-10(8)15-11;11-5-1-2-8-6(3-5)7(12)4-9(15-8)10(13)14;1-4-2-8-5(6)3-7-4;1-2-4-6-5-3-1/h2-3,8-12,21H,4-7H2,1H3;2-8H,1H3;3-6H,1-2H3;1-4H,5H2;2-5H,1H3;1-4H,(H,13,14);2-3H,1H3,(H2,6,8);6H,1-5H2. The van der Waals surface area contributed by atoms with Crippen LogP contribution in [-0.4, -0.2) is 131 Å².